The van der Waals surface area contributed by atoms with Gasteiger partial charge in [-0.05, 0) is 56.8 Å². The summed E-state index contributed by atoms with van der Waals surface area (Å²) in [6.45, 7) is 10.3. The molecule has 0 amide bonds. The van der Waals surface area contributed by atoms with Gasteiger partial charge in [0.1, 0.15) is 0 Å². The van der Waals surface area contributed by atoms with Crippen LogP contribution in [-0.4, -0.2) is 43.6 Å². The van der Waals surface area contributed by atoms with Gasteiger partial charge in [0.15, 0.2) is 5.96 Å². The number of hydrogen-bond acceptors (Lipinski definition) is 2. The standard InChI is InChI=1S/C19H31ClN4.HI/c1-3-11-22-19(21-4-2)23-14-16-9-12-24(13-10-16)15-17-7-5-6-8-18(17)20;/h5-8,16H,3-4,9-15H2,1-2H3,(H2,21,22,23);1H. The Morgan fingerprint density at radius 1 is 1.20 bits per heavy atom. The van der Waals surface area contributed by atoms with Gasteiger partial charge in [0.25, 0.3) is 0 Å². The average molecular weight is 479 g/mol. The van der Waals surface area contributed by atoms with Gasteiger partial charge >= 0.3 is 0 Å². The first-order valence-corrected chi connectivity index (χ1v) is 9.58. The van der Waals surface area contributed by atoms with E-state index >= 15 is 0 Å². The van der Waals surface area contributed by atoms with Crippen molar-refractivity contribution in [2.75, 3.05) is 32.7 Å². The lowest BCUT2D eigenvalue weighted by atomic mass is 9.96. The van der Waals surface area contributed by atoms with E-state index in [1.165, 1.54) is 18.4 Å². The zero-order valence-corrected chi connectivity index (χ0v) is 18.5. The molecule has 0 radical (unpaired) electrons. The second-order valence-corrected chi connectivity index (χ2v) is 6.86. The van der Waals surface area contributed by atoms with Crippen molar-refractivity contribution in [3.63, 3.8) is 0 Å². The summed E-state index contributed by atoms with van der Waals surface area (Å²) in [4.78, 5) is 7.25. The molecule has 1 aromatic rings. The first kappa shape index (κ1) is 22.5. The van der Waals surface area contributed by atoms with Crippen molar-refractivity contribution in [1.82, 2.24) is 15.5 Å². The van der Waals surface area contributed by atoms with Crippen LogP contribution in [0.3, 0.4) is 0 Å². The summed E-state index contributed by atoms with van der Waals surface area (Å²) in [5, 5.41) is 7.57. The Morgan fingerprint density at radius 3 is 2.56 bits per heavy atom. The fourth-order valence-electron chi connectivity index (χ4n) is 3.00. The highest BCUT2D eigenvalue weighted by molar-refractivity contribution is 14.0. The predicted octanol–water partition coefficient (Wildman–Crippen LogP) is 4.14. The third-order valence-corrected chi connectivity index (χ3v) is 4.82. The van der Waals surface area contributed by atoms with Crippen molar-refractivity contribution in [1.29, 1.82) is 0 Å². The summed E-state index contributed by atoms with van der Waals surface area (Å²) in [5.74, 6) is 1.64. The molecule has 0 aliphatic carbocycles. The number of likely N-dealkylation sites (tertiary alicyclic amines) is 1. The van der Waals surface area contributed by atoms with E-state index in [1.54, 1.807) is 0 Å². The first-order chi connectivity index (χ1) is 11.7. The topological polar surface area (TPSA) is 39.7 Å². The fourth-order valence-corrected chi connectivity index (χ4v) is 3.20. The highest BCUT2D eigenvalue weighted by Crippen LogP contribution is 2.22. The third-order valence-electron chi connectivity index (χ3n) is 4.45. The van der Waals surface area contributed by atoms with Gasteiger partial charge < -0.3 is 10.6 Å². The van der Waals surface area contributed by atoms with E-state index in [0.29, 0.717) is 5.92 Å². The van der Waals surface area contributed by atoms with Crippen LogP contribution in [0, 0.1) is 5.92 Å². The van der Waals surface area contributed by atoms with Crippen molar-refractivity contribution in [3.8, 4) is 0 Å². The molecule has 0 unspecified atom stereocenters. The van der Waals surface area contributed by atoms with Crippen LogP contribution in [0.15, 0.2) is 29.3 Å². The number of rotatable bonds is 7. The van der Waals surface area contributed by atoms with Gasteiger partial charge in [0, 0.05) is 31.2 Å². The SMILES string of the molecule is CCCNC(=NCC1CCN(Cc2ccccc2Cl)CC1)NCC.I. The van der Waals surface area contributed by atoms with Crippen molar-refractivity contribution in [2.24, 2.45) is 10.9 Å². The molecule has 6 heteroatoms. The molecule has 142 valence electrons. The summed E-state index contributed by atoms with van der Waals surface area (Å²) in [7, 11) is 0. The van der Waals surface area contributed by atoms with Crippen LogP contribution in [0.5, 0.6) is 0 Å². The smallest absolute Gasteiger partial charge is 0.191 e. The lowest BCUT2D eigenvalue weighted by molar-refractivity contribution is 0.180. The maximum absolute atomic E-state index is 6.27. The van der Waals surface area contributed by atoms with Crippen LogP contribution >= 0.6 is 35.6 Å². The molecular formula is C19H32ClIN4. The van der Waals surface area contributed by atoms with Gasteiger partial charge in [-0.15, -0.1) is 24.0 Å². The van der Waals surface area contributed by atoms with Gasteiger partial charge in [-0.25, -0.2) is 0 Å². The second kappa shape index (κ2) is 12.8. The Kier molecular flexibility index (Phi) is 11.5. The Hall–Kier alpha value is -0.530. The van der Waals surface area contributed by atoms with Crippen LogP contribution < -0.4 is 10.6 Å². The number of piperidine rings is 1. The molecule has 0 aromatic heterocycles. The minimum atomic E-state index is 0. The average Bonchev–Trinajstić information content (AvgIpc) is 2.60. The third kappa shape index (κ3) is 8.13. The van der Waals surface area contributed by atoms with E-state index in [2.05, 4.69) is 41.5 Å². The van der Waals surface area contributed by atoms with Crippen molar-refractivity contribution in [3.05, 3.63) is 34.9 Å². The lowest BCUT2D eigenvalue weighted by Crippen LogP contribution is -2.39. The molecule has 0 spiro atoms. The number of hydrogen-bond donors (Lipinski definition) is 2. The van der Waals surface area contributed by atoms with E-state index in [-0.39, 0.29) is 24.0 Å². The zero-order valence-electron chi connectivity index (χ0n) is 15.4. The normalized spacial score (nSPS) is 16.4. The molecule has 1 aliphatic rings. The molecule has 1 heterocycles. The van der Waals surface area contributed by atoms with Crippen LogP contribution in [-0.2, 0) is 6.54 Å². The molecule has 4 nitrogen and oxygen atoms in total. The highest BCUT2D eigenvalue weighted by atomic mass is 127. The molecule has 1 aliphatic heterocycles. The molecule has 1 aromatic carbocycles. The highest BCUT2D eigenvalue weighted by Gasteiger charge is 2.19. The van der Waals surface area contributed by atoms with Gasteiger partial charge in [-0.2, -0.15) is 0 Å². The molecule has 2 N–H and O–H groups in total. The number of nitrogens with one attached hydrogen (secondary N) is 2. The van der Waals surface area contributed by atoms with Gasteiger partial charge in [0.2, 0.25) is 0 Å². The zero-order chi connectivity index (χ0) is 17.2. The maximum Gasteiger partial charge on any atom is 0.191 e. The summed E-state index contributed by atoms with van der Waals surface area (Å²) in [6, 6.07) is 8.16. The predicted molar refractivity (Wildman–Crippen MR) is 119 cm³/mol. The van der Waals surface area contributed by atoms with Crippen LogP contribution in [0.2, 0.25) is 5.02 Å². The van der Waals surface area contributed by atoms with Crippen molar-refractivity contribution >= 4 is 41.5 Å². The Labute approximate surface area is 174 Å². The summed E-state index contributed by atoms with van der Waals surface area (Å²) < 4.78 is 0. The fraction of sp³-hybridized carbons (Fsp3) is 0.632. The number of nitrogens with zero attached hydrogens (tertiary/aromatic N) is 2. The van der Waals surface area contributed by atoms with E-state index in [0.717, 1.165) is 56.7 Å². The summed E-state index contributed by atoms with van der Waals surface area (Å²) >= 11 is 6.27. The number of benzene rings is 1. The van der Waals surface area contributed by atoms with Crippen LogP contribution in [0.4, 0.5) is 0 Å². The number of guanidine groups is 1. The molecule has 0 saturated carbocycles. The number of aliphatic imine (C=N–C) groups is 1. The molecule has 1 saturated heterocycles. The number of halogens is 2. The molecular weight excluding hydrogens is 447 g/mol. The van der Waals surface area contributed by atoms with E-state index in [9.17, 15) is 0 Å². The summed E-state index contributed by atoms with van der Waals surface area (Å²) in [5.41, 5.74) is 1.23. The van der Waals surface area contributed by atoms with Crippen molar-refractivity contribution < 1.29 is 0 Å². The quantitative estimate of drug-likeness (QED) is 0.352. The molecule has 2 rings (SSSR count). The van der Waals surface area contributed by atoms with Crippen molar-refractivity contribution in [2.45, 2.75) is 39.7 Å². The monoisotopic (exact) mass is 478 g/mol. The van der Waals surface area contributed by atoms with E-state index in [4.69, 9.17) is 16.6 Å². The van der Waals surface area contributed by atoms with Gasteiger partial charge in [-0.1, -0.05) is 36.7 Å². The maximum atomic E-state index is 6.27. The molecule has 0 atom stereocenters. The van der Waals surface area contributed by atoms with E-state index < -0.39 is 0 Å². The Bertz CT molecular complexity index is 516. The largest absolute Gasteiger partial charge is 0.357 e. The lowest BCUT2D eigenvalue weighted by Gasteiger charge is -2.31. The Balaban J connectivity index is 0.00000312. The van der Waals surface area contributed by atoms with Crippen LogP contribution in [0.25, 0.3) is 0 Å². The molecule has 0 bridgehead atoms. The summed E-state index contributed by atoms with van der Waals surface area (Å²) in [6.07, 6.45) is 3.53. The van der Waals surface area contributed by atoms with Gasteiger partial charge in [-0.3, -0.25) is 9.89 Å². The van der Waals surface area contributed by atoms with E-state index in [1.807, 2.05) is 12.1 Å². The van der Waals surface area contributed by atoms with Crippen LogP contribution in [0.1, 0.15) is 38.7 Å². The molecule has 25 heavy (non-hydrogen) atoms. The minimum Gasteiger partial charge on any atom is -0.357 e. The second-order valence-electron chi connectivity index (χ2n) is 6.46. The molecule has 1 fully saturated rings. The Morgan fingerprint density at radius 2 is 1.92 bits per heavy atom. The van der Waals surface area contributed by atoms with Gasteiger partial charge in [0.05, 0.1) is 0 Å². The minimum absolute atomic E-state index is 0. The first-order valence-electron chi connectivity index (χ1n) is 9.20.